The molecule has 22 heteroatoms. The number of halogens is 1. The lowest BCUT2D eigenvalue weighted by atomic mass is 9.80. The molecule has 10 N–H and O–H groups in total. The third kappa shape index (κ3) is 12.6. The van der Waals surface area contributed by atoms with Crippen LogP contribution in [0.2, 0.25) is 0 Å². The van der Waals surface area contributed by atoms with E-state index < -0.39 is 36.1 Å². The van der Waals surface area contributed by atoms with Crippen LogP contribution < -0.4 is 32.8 Å². The number of aromatic amines is 2. The molecule has 81 heavy (non-hydrogen) atoms. The number of alkyl halides is 1. The number of rotatable bonds is 13. The summed E-state index contributed by atoms with van der Waals surface area (Å²) in [7, 11) is -1.00. The zero-order valence-electron chi connectivity index (χ0n) is 44.6. The van der Waals surface area contributed by atoms with Gasteiger partial charge in [-0.25, -0.2) is 10.2 Å². The third-order valence-corrected chi connectivity index (χ3v) is 14.1. The Balaban J connectivity index is 0.000000171. The van der Waals surface area contributed by atoms with E-state index in [0.29, 0.717) is 74.7 Å². The lowest BCUT2D eigenvalue weighted by Crippen LogP contribution is -2.48. The number of H-pyrrole nitrogens is 2. The van der Waals surface area contributed by atoms with Gasteiger partial charge in [0.1, 0.15) is 13.1 Å². The largest absolute Gasteiger partial charge is 0.480 e. The predicted molar refractivity (Wildman–Crippen MR) is 305 cm³/mol. The van der Waals surface area contributed by atoms with Gasteiger partial charge in [-0.2, -0.15) is 20.4 Å². The number of nitrogens with two attached hydrogens (primary N) is 1. The first kappa shape index (κ1) is 54.6. The maximum absolute atomic E-state index is 13.2. The Morgan fingerprint density at radius 3 is 1.35 bits per heavy atom. The highest BCUT2D eigenvalue weighted by molar-refractivity contribution is 6.12. The van der Waals surface area contributed by atoms with Crippen molar-refractivity contribution < 1.29 is 40.3 Å². The summed E-state index contributed by atoms with van der Waals surface area (Å²) in [5.41, 5.74) is 8.92. The molecular weight excluding hydrogens is 1040 g/mol. The molecule has 0 radical (unpaired) electrons. The summed E-state index contributed by atoms with van der Waals surface area (Å²) in [6.45, 7) is 0.229. The standard InChI is InChI=1S/C29H26N6O4.C24H17N5O4.C5H11NO.CH3F/c36-24(30-17-29(39)14-5-15-29)16-35-23-9-4-3-8-22(23)26(34-35)28(38)31-19-12-10-18(11-13-19)25-20-6-1-2-7-21(20)27(37)33-32-25;30-20(31)13-29-19-8-4-3-7-18(19)22(28-29)24(33)25-15-11-9-14(10-12-15)21-16-5-1-2-6-17(16)23(32)27-26-21;6-4-5(7)2-1-3-5;1-2/h1-4,6-13,39H,5,14-17H2,(H,30,36)(H,31,38)(H,33,37);1-12H,13H2,(H,25,33)(H,27,32)(H,30,31);7H,1-4,6H2;1H3/i;;;1D. The first-order valence-corrected chi connectivity index (χ1v) is 25.8. The van der Waals surface area contributed by atoms with Crippen molar-refractivity contribution in [2.75, 3.05) is 30.9 Å². The van der Waals surface area contributed by atoms with Gasteiger partial charge in [-0.3, -0.25) is 42.5 Å². The zero-order chi connectivity index (χ0) is 58.0. The molecule has 0 unspecified atom stereocenters. The van der Waals surface area contributed by atoms with Gasteiger partial charge in [-0.15, -0.1) is 0 Å². The summed E-state index contributed by atoms with van der Waals surface area (Å²) in [6.07, 6.45) is 5.28. The minimum atomic E-state index is -1.05. The van der Waals surface area contributed by atoms with E-state index >= 15 is 0 Å². The number of anilines is 2. The second-order valence-corrected chi connectivity index (χ2v) is 19.5. The Morgan fingerprint density at radius 1 is 0.593 bits per heavy atom. The van der Waals surface area contributed by atoms with Crippen LogP contribution in [0.1, 0.15) is 60.9 Å². The van der Waals surface area contributed by atoms with Gasteiger partial charge < -0.3 is 37.0 Å². The van der Waals surface area contributed by atoms with E-state index in [2.05, 4.69) is 46.5 Å². The molecule has 0 aliphatic heterocycles. The number of hydrogen-bond donors (Lipinski definition) is 9. The van der Waals surface area contributed by atoms with E-state index in [9.17, 15) is 38.3 Å². The number of fused-ring (bicyclic) bond motifs is 4. The highest BCUT2D eigenvalue weighted by Crippen LogP contribution is 2.32. The molecule has 2 aliphatic rings. The molecule has 3 amide bonds. The SMILES string of the molecule is NCC1(O)CCC1.O=C(Cn1nc(C(=O)Nc2ccc(-c3n[nH]c(=O)c4ccccc34)cc2)c2ccccc21)NCC1(O)CCC1.O=C(O)Cn1nc(C(=O)Nc2ccc(-c3n[nH]c(=O)c4ccccc34)cc2)c2ccccc21.[2H]CF. The summed E-state index contributed by atoms with van der Waals surface area (Å²) in [6, 6.07) is 42.9. The van der Waals surface area contributed by atoms with E-state index in [0.717, 1.165) is 47.6 Å². The van der Waals surface area contributed by atoms with E-state index in [-0.39, 0.29) is 48.0 Å². The fourth-order valence-electron chi connectivity index (χ4n) is 9.44. The van der Waals surface area contributed by atoms with Crippen LogP contribution in [0.3, 0.4) is 0 Å². The van der Waals surface area contributed by atoms with Crippen LogP contribution in [0, 0.1) is 0 Å². The number of carbonyl (C=O) groups excluding carboxylic acids is 3. The molecule has 2 saturated carbocycles. The molecule has 0 bridgehead atoms. The summed E-state index contributed by atoms with van der Waals surface area (Å²) >= 11 is 0. The smallest absolute Gasteiger partial charge is 0.325 e. The normalized spacial score (nSPS) is 13.9. The number of carboxylic acids is 1. The molecule has 0 atom stereocenters. The van der Waals surface area contributed by atoms with Crippen molar-refractivity contribution in [2.24, 2.45) is 5.73 Å². The average molecular weight is 1100 g/mol. The number of nitrogens with one attached hydrogen (secondary N) is 5. The highest BCUT2D eigenvalue weighted by Gasteiger charge is 2.35. The van der Waals surface area contributed by atoms with Gasteiger partial charge in [-0.1, -0.05) is 97.1 Å². The van der Waals surface area contributed by atoms with Crippen molar-refractivity contribution in [1.82, 2.24) is 45.3 Å². The van der Waals surface area contributed by atoms with E-state index in [4.69, 9.17) is 17.3 Å². The number of aliphatic carboxylic acids is 1. The van der Waals surface area contributed by atoms with Crippen molar-refractivity contribution in [1.29, 1.82) is 0 Å². The van der Waals surface area contributed by atoms with Crippen LogP contribution in [0.4, 0.5) is 15.8 Å². The number of carbonyl (C=O) groups is 4. The fourth-order valence-corrected chi connectivity index (χ4v) is 9.44. The number of carboxylic acid groups (broad SMARTS) is 1. The van der Waals surface area contributed by atoms with Crippen molar-refractivity contribution >= 4 is 78.4 Å². The number of amides is 3. The number of para-hydroxylation sites is 2. The Labute approximate surface area is 462 Å². The van der Waals surface area contributed by atoms with Gasteiger partial charge in [0.25, 0.3) is 22.9 Å². The van der Waals surface area contributed by atoms with Crippen molar-refractivity contribution in [3.8, 4) is 22.5 Å². The molecule has 4 aromatic heterocycles. The first-order chi connectivity index (χ1) is 39.6. The third-order valence-electron chi connectivity index (χ3n) is 14.1. The van der Waals surface area contributed by atoms with E-state index in [1.165, 1.54) is 9.36 Å². The van der Waals surface area contributed by atoms with Gasteiger partial charge in [0, 0.05) is 57.1 Å². The Bertz CT molecular complexity index is 4080. The van der Waals surface area contributed by atoms with Crippen LogP contribution in [-0.4, -0.2) is 110 Å². The molecule has 414 valence electrons. The second-order valence-electron chi connectivity index (χ2n) is 19.5. The molecule has 0 spiro atoms. The molecule has 2 fully saturated rings. The first-order valence-electron chi connectivity index (χ1n) is 26.5. The fraction of sp³-hybridized carbons (Fsp3) is 0.220. The van der Waals surface area contributed by atoms with Gasteiger partial charge in [-0.05, 0) is 87.1 Å². The van der Waals surface area contributed by atoms with Crippen LogP contribution in [0.5, 0.6) is 0 Å². The number of nitrogens with zero attached hydrogens (tertiary/aromatic N) is 6. The zero-order valence-corrected chi connectivity index (χ0v) is 43.6. The number of aliphatic hydroxyl groups is 2. The highest BCUT2D eigenvalue weighted by atomic mass is 19.1. The van der Waals surface area contributed by atoms with E-state index in [1.54, 1.807) is 91.0 Å². The molecule has 21 nitrogen and oxygen atoms in total. The molecule has 4 heterocycles. The summed E-state index contributed by atoms with van der Waals surface area (Å²) in [5, 5.41) is 62.8. The van der Waals surface area contributed by atoms with Gasteiger partial charge >= 0.3 is 5.97 Å². The number of aromatic nitrogens is 8. The predicted octanol–water partition coefficient (Wildman–Crippen LogP) is 6.95. The number of benzene rings is 6. The minimum absolute atomic E-state index is 0.0707. The lowest BCUT2D eigenvalue weighted by Gasteiger charge is -2.36. The Hall–Kier alpha value is -9.77. The number of hydrogen-bond acceptors (Lipinski definition) is 13. The van der Waals surface area contributed by atoms with Crippen molar-refractivity contribution in [3.63, 3.8) is 0 Å². The molecule has 10 aromatic rings. The summed E-state index contributed by atoms with van der Waals surface area (Å²) in [4.78, 5) is 74.0. The molecule has 12 rings (SSSR count). The van der Waals surface area contributed by atoms with Gasteiger partial charge in [0.2, 0.25) is 5.91 Å². The summed E-state index contributed by atoms with van der Waals surface area (Å²) in [5.74, 6) is -2.19. The maximum atomic E-state index is 13.2. The Morgan fingerprint density at radius 2 is 0.975 bits per heavy atom. The van der Waals surface area contributed by atoms with Crippen LogP contribution in [0.25, 0.3) is 65.9 Å². The second kappa shape index (κ2) is 24.5. The van der Waals surface area contributed by atoms with Crippen LogP contribution >= 0.6 is 0 Å². The Kier molecular flexibility index (Phi) is 16.5. The van der Waals surface area contributed by atoms with Crippen molar-refractivity contribution in [3.05, 3.63) is 178 Å². The molecule has 0 saturated heterocycles. The molecular formula is C59H57FN12O9. The monoisotopic (exact) mass is 1100 g/mol. The topological polar surface area (TPSA) is 318 Å². The van der Waals surface area contributed by atoms with Crippen molar-refractivity contribution in [2.45, 2.75) is 62.8 Å². The molecule has 2 aliphatic carbocycles. The maximum Gasteiger partial charge on any atom is 0.325 e. The molecule has 6 aromatic carbocycles. The summed E-state index contributed by atoms with van der Waals surface area (Å²) < 4.78 is 18.3. The lowest BCUT2D eigenvalue weighted by molar-refractivity contribution is -0.137. The van der Waals surface area contributed by atoms with Gasteiger partial charge in [0.15, 0.2) is 11.4 Å². The quantitative estimate of drug-likeness (QED) is 0.0565. The van der Waals surface area contributed by atoms with Crippen LogP contribution in [0.15, 0.2) is 155 Å². The minimum Gasteiger partial charge on any atom is -0.480 e. The van der Waals surface area contributed by atoms with Crippen LogP contribution in [-0.2, 0) is 22.7 Å². The van der Waals surface area contributed by atoms with Gasteiger partial charge in [0.05, 0.1) is 52.9 Å². The average Bonchev–Trinajstić information content (AvgIpc) is 4.07. The van der Waals surface area contributed by atoms with E-state index in [1.807, 2.05) is 54.6 Å².